The predicted molar refractivity (Wildman–Crippen MR) is 100 cm³/mol. The minimum atomic E-state index is -1.37. The second kappa shape index (κ2) is 12.3. The fourth-order valence-electron chi connectivity index (χ4n) is 3.37. The molecule has 8 heteroatoms. The topological polar surface area (TPSA) is 155 Å². The molecule has 1 aliphatic rings. The molecule has 0 aromatic heterocycles. The average molecular weight is 397 g/mol. The maximum Gasteiger partial charge on any atom is 0.115 e. The third-order valence-corrected chi connectivity index (χ3v) is 4.74. The average Bonchev–Trinajstić information content (AvgIpc) is 2.60. The first kappa shape index (κ1) is 25.8. The van der Waals surface area contributed by atoms with Crippen LogP contribution in [0, 0.1) is 0 Å². The highest BCUT2D eigenvalue weighted by molar-refractivity contribution is 5.72. The zero-order valence-electron chi connectivity index (χ0n) is 16.5. The summed E-state index contributed by atoms with van der Waals surface area (Å²) in [5.41, 5.74) is 0.523. The lowest BCUT2D eigenvalue weighted by Crippen LogP contribution is -2.42. The SMILES string of the molecule is CN(C)CC(c1ccc(O)cc1)C1(O)CCCCC1.O.O=C([O-])CCC(=O)[O-]. The number of likely N-dealkylation sites (N-methyl/N-ethyl adjacent to an activating group) is 1. The van der Waals surface area contributed by atoms with Crippen molar-refractivity contribution in [1.82, 2.24) is 4.90 Å². The van der Waals surface area contributed by atoms with E-state index < -0.39 is 30.4 Å². The fourth-order valence-corrected chi connectivity index (χ4v) is 3.37. The van der Waals surface area contributed by atoms with E-state index in [1.165, 1.54) is 6.42 Å². The van der Waals surface area contributed by atoms with Gasteiger partial charge in [0.05, 0.1) is 5.60 Å². The van der Waals surface area contributed by atoms with Crippen molar-refractivity contribution in [1.29, 1.82) is 0 Å². The lowest BCUT2D eigenvalue weighted by molar-refractivity contribution is -0.315. The van der Waals surface area contributed by atoms with Crippen LogP contribution in [0.3, 0.4) is 0 Å². The van der Waals surface area contributed by atoms with Crippen LogP contribution in [0.5, 0.6) is 5.75 Å². The standard InChI is InChI=1S/C16H25NO2.C4H6O4.H2O/c1-17(2)12-15(13-6-8-14(18)9-7-13)16(19)10-4-3-5-11-16;5-3(6)1-2-4(7)8;/h6-9,15,18-19H,3-5,10-12H2,1-2H3;1-2H2,(H,5,6)(H,7,8);1H2/p-2. The molecule has 0 heterocycles. The number of aliphatic carboxylic acids is 2. The molecule has 28 heavy (non-hydrogen) atoms. The van der Waals surface area contributed by atoms with Gasteiger partial charge in [-0.1, -0.05) is 31.4 Å². The molecule has 2 rings (SSSR count). The van der Waals surface area contributed by atoms with E-state index in [4.69, 9.17) is 0 Å². The van der Waals surface area contributed by atoms with Crippen LogP contribution >= 0.6 is 0 Å². The fraction of sp³-hybridized carbons (Fsp3) is 0.600. The minimum Gasteiger partial charge on any atom is -0.550 e. The highest BCUT2D eigenvalue weighted by atomic mass is 16.4. The van der Waals surface area contributed by atoms with E-state index >= 15 is 0 Å². The van der Waals surface area contributed by atoms with Gasteiger partial charge in [-0.25, -0.2) is 0 Å². The predicted octanol–water partition coefficient (Wildman–Crippen LogP) is -0.826. The molecule has 0 amide bonds. The number of aromatic hydroxyl groups is 1. The summed E-state index contributed by atoms with van der Waals surface area (Å²) >= 11 is 0. The summed E-state index contributed by atoms with van der Waals surface area (Å²) in [6, 6.07) is 7.31. The van der Waals surface area contributed by atoms with E-state index in [-0.39, 0.29) is 17.1 Å². The zero-order valence-corrected chi connectivity index (χ0v) is 16.5. The summed E-state index contributed by atoms with van der Waals surface area (Å²) in [7, 11) is 4.08. The van der Waals surface area contributed by atoms with Crippen molar-refractivity contribution >= 4 is 11.9 Å². The van der Waals surface area contributed by atoms with Gasteiger partial charge < -0.3 is 40.4 Å². The highest BCUT2D eigenvalue weighted by Crippen LogP contribution is 2.40. The molecule has 1 atom stereocenters. The number of carbonyl (C=O) groups is 2. The molecule has 1 aliphatic carbocycles. The van der Waals surface area contributed by atoms with Crippen LogP contribution in [-0.4, -0.2) is 58.8 Å². The Morgan fingerprint density at radius 1 is 1.04 bits per heavy atom. The van der Waals surface area contributed by atoms with Crippen LogP contribution in [0.2, 0.25) is 0 Å². The van der Waals surface area contributed by atoms with E-state index in [0.717, 1.165) is 37.8 Å². The Bertz CT molecular complexity index is 581. The van der Waals surface area contributed by atoms with Crippen molar-refractivity contribution in [3.8, 4) is 5.75 Å². The van der Waals surface area contributed by atoms with Crippen molar-refractivity contribution in [3.63, 3.8) is 0 Å². The summed E-state index contributed by atoms with van der Waals surface area (Å²) in [5.74, 6) is -2.34. The number of aliphatic hydroxyl groups is 1. The van der Waals surface area contributed by atoms with Gasteiger partial charge in [-0.3, -0.25) is 0 Å². The molecule has 1 aromatic carbocycles. The van der Waals surface area contributed by atoms with E-state index in [1.807, 2.05) is 26.2 Å². The van der Waals surface area contributed by atoms with Crippen LogP contribution < -0.4 is 10.2 Å². The van der Waals surface area contributed by atoms with Gasteiger partial charge in [-0.15, -0.1) is 0 Å². The monoisotopic (exact) mass is 397 g/mol. The number of rotatable bonds is 7. The van der Waals surface area contributed by atoms with Crippen LogP contribution in [0.4, 0.5) is 0 Å². The number of phenols is 1. The summed E-state index contributed by atoms with van der Waals surface area (Å²) in [5, 5.41) is 39.4. The molecule has 0 saturated heterocycles. The maximum atomic E-state index is 11.0. The second-order valence-corrected chi connectivity index (χ2v) is 7.31. The third-order valence-electron chi connectivity index (χ3n) is 4.74. The van der Waals surface area contributed by atoms with E-state index in [0.29, 0.717) is 0 Å². The lowest BCUT2D eigenvalue weighted by atomic mass is 9.72. The van der Waals surface area contributed by atoms with Gasteiger partial charge >= 0.3 is 0 Å². The van der Waals surface area contributed by atoms with E-state index in [9.17, 15) is 30.0 Å². The normalized spacial score (nSPS) is 16.3. The molecule has 1 aromatic rings. The quantitative estimate of drug-likeness (QED) is 0.608. The Morgan fingerprint density at radius 2 is 1.50 bits per heavy atom. The Balaban J connectivity index is 0.000000694. The Hall–Kier alpha value is -2.16. The van der Waals surface area contributed by atoms with Gasteiger partial charge in [0.15, 0.2) is 0 Å². The number of carboxylic acid groups (broad SMARTS) is 2. The molecule has 0 bridgehead atoms. The minimum absolute atomic E-state index is 0. The Labute approximate surface area is 165 Å². The molecule has 1 fully saturated rings. The molecule has 0 radical (unpaired) electrons. The van der Waals surface area contributed by atoms with Crippen LogP contribution in [0.1, 0.15) is 56.4 Å². The van der Waals surface area contributed by atoms with Gasteiger partial charge in [-0.05, 0) is 57.5 Å². The molecular weight excluding hydrogens is 366 g/mol. The lowest BCUT2D eigenvalue weighted by Gasteiger charge is -2.40. The van der Waals surface area contributed by atoms with Crippen LogP contribution in [0.25, 0.3) is 0 Å². The van der Waals surface area contributed by atoms with E-state index in [1.54, 1.807) is 12.1 Å². The molecular formula is C20H31NO7-2. The number of phenolic OH excluding ortho intramolecular Hbond substituents is 1. The van der Waals surface area contributed by atoms with Gasteiger partial charge in [0.2, 0.25) is 0 Å². The number of hydrogen-bond acceptors (Lipinski definition) is 7. The Kier molecular flexibility index (Phi) is 11.4. The number of nitrogens with zero attached hydrogens (tertiary/aromatic N) is 1. The summed E-state index contributed by atoms with van der Waals surface area (Å²) in [4.78, 5) is 21.1. The summed E-state index contributed by atoms with van der Waals surface area (Å²) < 4.78 is 0. The number of benzene rings is 1. The van der Waals surface area contributed by atoms with Crippen LogP contribution in [0.15, 0.2) is 24.3 Å². The van der Waals surface area contributed by atoms with Crippen molar-refractivity contribution < 1.29 is 35.5 Å². The summed E-state index contributed by atoms with van der Waals surface area (Å²) in [6.45, 7) is 0.835. The molecule has 1 saturated carbocycles. The molecule has 0 aliphatic heterocycles. The summed E-state index contributed by atoms with van der Waals surface area (Å²) in [6.07, 6.45) is 4.27. The highest BCUT2D eigenvalue weighted by Gasteiger charge is 2.38. The molecule has 8 nitrogen and oxygen atoms in total. The van der Waals surface area contributed by atoms with Gasteiger partial charge in [0, 0.05) is 24.4 Å². The first-order valence-electron chi connectivity index (χ1n) is 9.20. The van der Waals surface area contributed by atoms with E-state index in [2.05, 4.69) is 4.90 Å². The van der Waals surface area contributed by atoms with Gasteiger partial charge in [0.25, 0.3) is 0 Å². The van der Waals surface area contributed by atoms with Crippen LogP contribution in [-0.2, 0) is 9.59 Å². The second-order valence-electron chi connectivity index (χ2n) is 7.31. The number of hydrogen-bond donors (Lipinski definition) is 2. The molecule has 4 N–H and O–H groups in total. The molecule has 1 unspecified atom stereocenters. The molecule has 160 valence electrons. The van der Waals surface area contributed by atoms with Crippen molar-refractivity contribution in [2.75, 3.05) is 20.6 Å². The van der Waals surface area contributed by atoms with Crippen molar-refractivity contribution in [3.05, 3.63) is 29.8 Å². The Morgan fingerprint density at radius 3 is 1.89 bits per heavy atom. The van der Waals surface area contributed by atoms with Crippen molar-refractivity contribution in [2.24, 2.45) is 0 Å². The first-order valence-corrected chi connectivity index (χ1v) is 9.20. The molecule has 0 spiro atoms. The largest absolute Gasteiger partial charge is 0.550 e. The third kappa shape index (κ3) is 9.16. The maximum absolute atomic E-state index is 11.0. The smallest absolute Gasteiger partial charge is 0.115 e. The number of carboxylic acids is 2. The number of carbonyl (C=O) groups excluding carboxylic acids is 2. The zero-order chi connectivity index (χ0) is 20.4. The first-order chi connectivity index (χ1) is 12.6. The van der Waals surface area contributed by atoms with Gasteiger partial charge in [0.1, 0.15) is 5.75 Å². The van der Waals surface area contributed by atoms with Crippen molar-refractivity contribution in [2.45, 2.75) is 56.5 Å². The van der Waals surface area contributed by atoms with Gasteiger partial charge in [-0.2, -0.15) is 0 Å².